The van der Waals surface area contributed by atoms with E-state index >= 15 is 0 Å². The Bertz CT molecular complexity index is 776. The first-order valence-electron chi connectivity index (χ1n) is 5.64. The molecule has 0 amide bonds. The van der Waals surface area contributed by atoms with Crippen LogP contribution in [0.4, 0.5) is 15.9 Å². The predicted molar refractivity (Wildman–Crippen MR) is 72.9 cm³/mol. The van der Waals surface area contributed by atoms with Gasteiger partial charge in [0.1, 0.15) is 5.52 Å². The third-order valence-electron chi connectivity index (χ3n) is 2.67. The first-order valence-corrected chi connectivity index (χ1v) is 6.02. The minimum absolute atomic E-state index is 0.0705. The molecular formula is C12H9ClFN5O. The summed E-state index contributed by atoms with van der Waals surface area (Å²) in [7, 11) is 1.40. The lowest BCUT2D eigenvalue weighted by atomic mass is 10.3. The van der Waals surface area contributed by atoms with Crippen molar-refractivity contribution in [3.05, 3.63) is 35.6 Å². The van der Waals surface area contributed by atoms with E-state index in [1.54, 1.807) is 6.07 Å². The largest absolute Gasteiger partial charge is 0.494 e. The lowest BCUT2D eigenvalue weighted by Gasteiger charge is -2.08. The molecule has 6 nitrogen and oxygen atoms in total. The Hall–Kier alpha value is -2.41. The molecule has 0 bridgehead atoms. The molecule has 0 atom stereocenters. The molecule has 2 aromatic heterocycles. The number of ether oxygens (including phenoxy) is 1. The number of fused-ring (bicyclic) bond motifs is 1. The minimum Gasteiger partial charge on any atom is -0.494 e. The zero-order valence-electron chi connectivity index (χ0n) is 10.3. The Morgan fingerprint density at radius 3 is 3.00 bits per heavy atom. The molecule has 102 valence electrons. The second kappa shape index (κ2) is 4.93. The molecule has 20 heavy (non-hydrogen) atoms. The molecule has 0 saturated carbocycles. The number of benzene rings is 1. The van der Waals surface area contributed by atoms with Crippen LogP contribution in [0.2, 0.25) is 5.28 Å². The van der Waals surface area contributed by atoms with Gasteiger partial charge in [-0.2, -0.15) is 9.97 Å². The van der Waals surface area contributed by atoms with E-state index in [9.17, 15) is 4.39 Å². The summed E-state index contributed by atoms with van der Waals surface area (Å²) in [5.74, 6) is 0.146. The maximum absolute atomic E-state index is 13.4. The summed E-state index contributed by atoms with van der Waals surface area (Å²) in [6.07, 6.45) is 1.49. The molecule has 0 aliphatic carbocycles. The Balaban J connectivity index is 2.02. The Kier molecular flexibility index (Phi) is 3.11. The summed E-state index contributed by atoms with van der Waals surface area (Å²) in [5.41, 5.74) is 1.66. The highest BCUT2D eigenvalue weighted by Crippen LogP contribution is 2.26. The zero-order valence-corrected chi connectivity index (χ0v) is 11.1. The van der Waals surface area contributed by atoms with Crippen LogP contribution in [0.15, 0.2) is 24.5 Å². The van der Waals surface area contributed by atoms with E-state index in [2.05, 4.69) is 25.3 Å². The molecule has 0 aliphatic heterocycles. The van der Waals surface area contributed by atoms with Crippen LogP contribution in [-0.4, -0.2) is 27.0 Å². The number of anilines is 2. The lowest BCUT2D eigenvalue weighted by molar-refractivity contribution is 0.387. The Labute approximate surface area is 118 Å². The number of nitrogens with zero attached hydrogens (tertiary/aromatic N) is 3. The number of hydrogen-bond donors (Lipinski definition) is 2. The topological polar surface area (TPSA) is 75.7 Å². The third kappa shape index (κ3) is 2.23. The number of rotatable bonds is 3. The smallest absolute Gasteiger partial charge is 0.226 e. The molecule has 0 saturated heterocycles. The van der Waals surface area contributed by atoms with Gasteiger partial charge in [-0.15, -0.1) is 0 Å². The molecule has 3 rings (SSSR count). The summed E-state index contributed by atoms with van der Waals surface area (Å²) in [6.45, 7) is 0. The summed E-state index contributed by atoms with van der Waals surface area (Å²) in [4.78, 5) is 15.0. The van der Waals surface area contributed by atoms with Gasteiger partial charge in [-0.1, -0.05) is 0 Å². The highest BCUT2D eigenvalue weighted by Gasteiger charge is 2.10. The zero-order chi connectivity index (χ0) is 14.1. The van der Waals surface area contributed by atoms with Gasteiger partial charge >= 0.3 is 0 Å². The van der Waals surface area contributed by atoms with Crippen molar-refractivity contribution in [2.24, 2.45) is 0 Å². The normalized spacial score (nSPS) is 10.8. The van der Waals surface area contributed by atoms with Crippen molar-refractivity contribution in [1.82, 2.24) is 19.9 Å². The number of halogens is 2. The van der Waals surface area contributed by atoms with Crippen molar-refractivity contribution in [3.8, 4) is 5.75 Å². The number of nitrogens with one attached hydrogen (secondary N) is 2. The van der Waals surface area contributed by atoms with Gasteiger partial charge in [-0.05, 0) is 23.7 Å². The van der Waals surface area contributed by atoms with Crippen molar-refractivity contribution in [1.29, 1.82) is 0 Å². The molecule has 8 heteroatoms. The number of aromatic amines is 1. The average molecular weight is 294 g/mol. The van der Waals surface area contributed by atoms with Gasteiger partial charge in [0.25, 0.3) is 0 Å². The first kappa shape index (κ1) is 12.6. The van der Waals surface area contributed by atoms with E-state index in [1.165, 1.54) is 25.6 Å². The number of H-pyrrole nitrogens is 1. The van der Waals surface area contributed by atoms with Crippen molar-refractivity contribution >= 4 is 34.3 Å². The average Bonchev–Trinajstić information content (AvgIpc) is 2.89. The fraction of sp³-hybridized carbons (Fsp3) is 0.0833. The quantitative estimate of drug-likeness (QED) is 0.726. The van der Waals surface area contributed by atoms with Crippen LogP contribution in [0.3, 0.4) is 0 Å². The monoisotopic (exact) mass is 293 g/mol. The minimum atomic E-state index is -0.439. The van der Waals surface area contributed by atoms with Gasteiger partial charge in [0, 0.05) is 11.8 Å². The van der Waals surface area contributed by atoms with E-state index in [-0.39, 0.29) is 11.0 Å². The van der Waals surface area contributed by atoms with Gasteiger partial charge < -0.3 is 15.0 Å². The molecule has 2 N–H and O–H groups in total. The molecule has 0 spiro atoms. The van der Waals surface area contributed by atoms with Crippen LogP contribution in [-0.2, 0) is 0 Å². The Morgan fingerprint density at radius 1 is 1.35 bits per heavy atom. The Morgan fingerprint density at radius 2 is 2.20 bits per heavy atom. The van der Waals surface area contributed by atoms with Crippen molar-refractivity contribution in [2.75, 3.05) is 12.4 Å². The molecule has 0 unspecified atom stereocenters. The van der Waals surface area contributed by atoms with E-state index < -0.39 is 5.82 Å². The standard InChI is InChI=1S/C12H9ClFN5O/c1-20-8-4-6(2-3-7(8)14)17-11-9-10(16-5-15-9)18-12(13)19-11/h2-5H,1H3,(H2,15,16,17,18,19). The summed E-state index contributed by atoms with van der Waals surface area (Å²) in [5, 5.41) is 3.09. The van der Waals surface area contributed by atoms with Crippen LogP contribution in [0.5, 0.6) is 5.75 Å². The van der Waals surface area contributed by atoms with Crippen LogP contribution < -0.4 is 10.1 Å². The maximum Gasteiger partial charge on any atom is 0.226 e. The molecule has 0 fully saturated rings. The highest BCUT2D eigenvalue weighted by atomic mass is 35.5. The van der Waals surface area contributed by atoms with Crippen molar-refractivity contribution in [3.63, 3.8) is 0 Å². The van der Waals surface area contributed by atoms with E-state index in [0.717, 1.165) is 0 Å². The maximum atomic E-state index is 13.4. The van der Waals surface area contributed by atoms with Crippen molar-refractivity contribution in [2.45, 2.75) is 0 Å². The van der Waals surface area contributed by atoms with E-state index in [4.69, 9.17) is 16.3 Å². The molecular weight excluding hydrogens is 285 g/mol. The first-order chi connectivity index (χ1) is 9.67. The van der Waals surface area contributed by atoms with Gasteiger partial charge in [-0.25, -0.2) is 9.37 Å². The van der Waals surface area contributed by atoms with Gasteiger partial charge in [0.05, 0.1) is 13.4 Å². The van der Waals surface area contributed by atoms with Crippen LogP contribution in [0.1, 0.15) is 0 Å². The van der Waals surface area contributed by atoms with E-state index in [0.29, 0.717) is 22.7 Å². The predicted octanol–water partition coefficient (Wildman–Crippen LogP) is 2.90. The molecule has 2 heterocycles. The SMILES string of the molecule is COc1cc(Nc2nc(Cl)nc3nc[nH]c23)ccc1F. The molecule has 1 aromatic carbocycles. The summed E-state index contributed by atoms with van der Waals surface area (Å²) in [6, 6.07) is 4.39. The molecule has 0 radical (unpaired) electrons. The number of methoxy groups -OCH3 is 1. The number of imidazole rings is 1. The summed E-state index contributed by atoms with van der Waals surface area (Å²) < 4.78 is 18.3. The van der Waals surface area contributed by atoms with Crippen molar-refractivity contribution < 1.29 is 9.13 Å². The fourth-order valence-electron chi connectivity index (χ4n) is 1.77. The summed E-state index contributed by atoms with van der Waals surface area (Å²) >= 11 is 5.83. The molecule has 3 aromatic rings. The number of aromatic nitrogens is 4. The fourth-order valence-corrected chi connectivity index (χ4v) is 1.94. The number of hydrogen-bond acceptors (Lipinski definition) is 5. The second-order valence-electron chi connectivity index (χ2n) is 3.92. The van der Waals surface area contributed by atoms with E-state index in [1.807, 2.05) is 0 Å². The second-order valence-corrected chi connectivity index (χ2v) is 4.25. The van der Waals surface area contributed by atoms with Gasteiger partial charge in [-0.3, -0.25) is 0 Å². The molecule has 0 aliphatic rings. The van der Waals surface area contributed by atoms with Crippen LogP contribution in [0.25, 0.3) is 11.2 Å². The lowest BCUT2D eigenvalue weighted by Crippen LogP contribution is -1.98. The highest BCUT2D eigenvalue weighted by molar-refractivity contribution is 6.28. The van der Waals surface area contributed by atoms with Gasteiger partial charge in [0.15, 0.2) is 23.0 Å². The van der Waals surface area contributed by atoms with Gasteiger partial charge in [0.2, 0.25) is 5.28 Å². The van der Waals surface area contributed by atoms with Crippen LogP contribution >= 0.6 is 11.6 Å². The van der Waals surface area contributed by atoms with Crippen LogP contribution in [0, 0.1) is 5.82 Å². The third-order valence-corrected chi connectivity index (χ3v) is 2.84.